The van der Waals surface area contributed by atoms with Crippen molar-refractivity contribution in [2.75, 3.05) is 19.6 Å². The zero-order valence-electron chi connectivity index (χ0n) is 23.3. The van der Waals surface area contributed by atoms with Gasteiger partial charge in [-0.1, -0.05) is 91.0 Å². The van der Waals surface area contributed by atoms with Gasteiger partial charge >= 0.3 is 12.1 Å². The van der Waals surface area contributed by atoms with Crippen LogP contribution in [0.1, 0.15) is 28.3 Å². The number of hydrogen-bond donors (Lipinski definition) is 2. The van der Waals surface area contributed by atoms with Gasteiger partial charge in [-0.25, -0.2) is 8.42 Å². The molecular weight excluding hydrogens is 577 g/mol. The van der Waals surface area contributed by atoms with Crippen molar-refractivity contribution >= 4 is 16.0 Å². The first-order chi connectivity index (χ1) is 20.6. The molecule has 0 aliphatic heterocycles. The average Bonchev–Trinajstić information content (AvgIpc) is 3.01. The van der Waals surface area contributed by atoms with Gasteiger partial charge in [-0.3, -0.25) is 4.79 Å². The van der Waals surface area contributed by atoms with Crippen molar-refractivity contribution in [1.82, 2.24) is 9.62 Å². The Balaban J connectivity index is 1.68. The first kappa shape index (κ1) is 31.9. The molecule has 0 saturated carbocycles. The molecule has 4 aromatic rings. The molecule has 0 aliphatic carbocycles. The van der Waals surface area contributed by atoms with Crippen LogP contribution in [0.3, 0.4) is 0 Å². The van der Waals surface area contributed by atoms with Crippen molar-refractivity contribution in [3.05, 3.63) is 138 Å². The highest BCUT2D eigenvalue weighted by Crippen LogP contribution is 2.32. The number of rotatable bonds is 14. The number of nitrogens with one attached hydrogen (secondary N) is 1. The van der Waals surface area contributed by atoms with Crippen LogP contribution in [0.4, 0.5) is 13.2 Å². The van der Waals surface area contributed by atoms with Crippen molar-refractivity contribution < 1.29 is 31.5 Å². The van der Waals surface area contributed by atoms with Gasteiger partial charge in [0.05, 0.1) is 16.4 Å². The summed E-state index contributed by atoms with van der Waals surface area (Å²) in [5.74, 6) is -2.59. The van der Waals surface area contributed by atoms with Gasteiger partial charge in [0.15, 0.2) is 0 Å². The minimum atomic E-state index is -4.56. The van der Waals surface area contributed by atoms with Crippen LogP contribution in [0.2, 0.25) is 0 Å². The number of carboxylic acid groups (broad SMARTS) is 1. The summed E-state index contributed by atoms with van der Waals surface area (Å²) in [4.78, 5) is 12.8. The SMILES string of the molecule is O=C(O)C(CN(CCc1ccccc1)S(=O)(=O)c1ccccc1)C(NCCc1ccccc1)c1ccc(C(F)(F)F)cc1. The van der Waals surface area contributed by atoms with E-state index in [0.29, 0.717) is 24.9 Å². The molecular formula is C33H33F3N2O4S. The van der Waals surface area contributed by atoms with Gasteiger partial charge in [-0.05, 0) is 60.3 Å². The number of carboxylic acids is 1. The fraction of sp³-hybridized carbons (Fsp3) is 0.242. The second-order valence-corrected chi connectivity index (χ2v) is 12.1. The molecule has 10 heteroatoms. The molecule has 0 bridgehead atoms. The summed E-state index contributed by atoms with van der Waals surface area (Å²) < 4.78 is 68.7. The largest absolute Gasteiger partial charge is 0.481 e. The van der Waals surface area contributed by atoms with E-state index in [0.717, 1.165) is 27.6 Å². The quantitative estimate of drug-likeness (QED) is 0.177. The van der Waals surface area contributed by atoms with Crippen molar-refractivity contribution in [3.8, 4) is 0 Å². The lowest BCUT2D eigenvalue weighted by molar-refractivity contribution is -0.143. The van der Waals surface area contributed by atoms with Crippen LogP contribution in [0.5, 0.6) is 0 Å². The van der Waals surface area contributed by atoms with Crippen LogP contribution in [-0.2, 0) is 33.8 Å². The van der Waals surface area contributed by atoms with E-state index < -0.39 is 46.2 Å². The highest BCUT2D eigenvalue weighted by Gasteiger charge is 2.36. The Labute approximate surface area is 249 Å². The highest BCUT2D eigenvalue weighted by atomic mass is 32.2. The molecule has 0 amide bonds. The first-order valence-corrected chi connectivity index (χ1v) is 15.3. The number of sulfonamides is 1. The number of nitrogens with zero attached hydrogens (tertiary/aromatic N) is 1. The van der Waals surface area contributed by atoms with Gasteiger partial charge in [0.2, 0.25) is 10.0 Å². The Morgan fingerprint density at radius 1 is 0.767 bits per heavy atom. The Morgan fingerprint density at radius 2 is 1.28 bits per heavy atom. The van der Waals surface area contributed by atoms with Gasteiger partial charge in [0.25, 0.3) is 0 Å². The third-order valence-corrected chi connectivity index (χ3v) is 9.09. The summed E-state index contributed by atoms with van der Waals surface area (Å²) in [5, 5.41) is 13.6. The Hall–Kier alpha value is -3.99. The molecule has 2 atom stereocenters. The summed E-state index contributed by atoms with van der Waals surface area (Å²) in [6, 6.07) is 29.8. The molecule has 2 N–H and O–H groups in total. The second kappa shape index (κ2) is 14.5. The summed E-state index contributed by atoms with van der Waals surface area (Å²) in [7, 11) is -4.11. The second-order valence-electron chi connectivity index (χ2n) is 10.1. The van der Waals surface area contributed by atoms with E-state index in [1.807, 2.05) is 60.7 Å². The summed E-state index contributed by atoms with van der Waals surface area (Å²) in [5.41, 5.74) is 1.32. The molecule has 4 aromatic carbocycles. The molecule has 0 spiro atoms. The lowest BCUT2D eigenvalue weighted by Gasteiger charge is -2.31. The maximum Gasteiger partial charge on any atom is 0.416 e. The van der Waals surface area contributed by atoms with E-state index in [2.05, 4.69) is 5.32 Å². The van der Waals surface area contributed by atoms with Crippen LogP contribution in [0.15, 0.2) is 120 Å². The number of carbonyl (C=O) groups is 1. The topological polar surface area (TPSA) is 86.7 Å². The molecule has 0 radical (unpaired) electrons. The van der Waals surface area contributed by atoms with E-state index in [1.165, 1.54) is 24.3 Å². The van der Waals surface area contributed by atoms with Gasteiger partial charge in [0, 0.05) is 19.1 Å². The van der Waals surface area contributed by atoms with Crippen LogP contribution in [0.25, 0.3) is 0 Å². The number of hydrogen-bond acceptors (Lipinski definition) is 4. The summed E-state index contributed by atoms with van der Waals surface area (Å²) >= 11 is 0. The Kier molecular flexibility index (Phi) is 10.7. The normalized spacial score (nSPS) is 13.5. The number of aliphatic carboxylic acids is 1. The highest BCUT2D eigenvalue weighted by molar-refractivity contribution is 7.89. The van der Waals surface area contributed by atoms with Crippen molar-refractivity contribution in [2.45, 2.75) is 30.0 Å². The van der Waals surface area contributed by atoms with Crippen LogP contribution in [-0.4, -0.2) is 43.4 Å². The maximum absolute atomic E-state index is 13.8. The smallest absolute Gasteiger partial charge is 0.416 e. The predicted octanol–water partition coefficient (Wildman–Crippen LogP) is 6.21. The monoisotopic (exact) mass is 610 g/mol. The molecule has 43 heavy (non-hydrogen) atoms. The fourth-order valence-electron chi connectivity index (χ4n) is 4.88. The third-order valence-electron chi connectivity index (χ3n) is 7.21. The molecule has 6 nitrogen and oxygen atoms in total. The lowest BCUT2D eigenvalue weighted by Crippen LogP contribution is -2.44. The standard InChI is InChI=1S/C33H33F3N2O4S/c34-33(35,36)28-18-16-27(17-19-28)31(37-22-20-25-10-4-1-5-11-25)30(32(39)40)24-38(23-21-26-12-6-2-7-13-26)43(41,42)29-14-8-3-9-15-29/h1-19,30-31,37H,20-24H2,(H,39,40). The summed E-state index contributed by atoms with van der Waals surface area (Å²) in [6.45, 7) is -0.0763. The zero-order chi connectivity index (χ0) is 30.9. The molecule has 0 heterocycles. The number of alkyl halides is 3. The Morgan fingerprint density at radius 3 is 1.79 bits per heavy atom. The van der Waals surface area contributed by atoms with E-state index in [-0.39, 0.29) is 11.4 Å². The van der Waals surface area contributed by atoms with Gasteiger partial charge in [-0.2, -0.15) is 17.5 Å². The molecule has 2 unspecified atom stereocenters. The molecule has 226 valence electrons. The van der Waals surface area contributed by atoms with Gasteiger partial charge in [-0.15, -0.1) is 0 Å². The van der Waals surface area contributed by atoms with E-state index in [9.17, 15) is 31.5 Å². The number of benzene rings is 4. The fourth-order valence-corrected chi connectivity index (χ4v) is 6.37. The van der Waals surface area contributed by atoms with Crippen molar-refractivity contribution in [1.29, 1.82) is 0 Å². The summed E-state index contributed by atoms with van der Waals surface area (Å²) in [6.07, 6.45) is -3.69. The zero-order valence-corrected chi connectivity index (χ0v) is 24.1. The average molecular weight is 611 g/mol. The van der Waals surface area contributed by atoms with Crippen molar-refractivity contribution in [2.24, 2.45) is 5.92 Å². The molecule has 0 fully saturated rings. The van der Waals surface area contributed by atoms with Crippen LogP contribution in [0, 0.1) is 5.92 Å². The Bertz CT molecular complexity index is 1550. The molecule has 0 aromatic heterocycles. The lowest BCUT2D eigenvalue weighted by atomic mass is 9.91. The minimum Gasteiger partial charge on any atom is -0.481 e. The molecule has 0 aliphatic rings. The maximum atomic E-state index is 13.8. The minimum absolute atomic E-state index is 0.00870. The first-order valence-electron chi connectivity index (χ1n) is 13.8. The molecule has 0 saturated heterocycles. The van der Waals surface area contributed by atoms with E-state index >= 15 is 0 Å². The van der Waals surface area contributed by atoms with Crippen LogP contribution < -0.4 is 5.32 Å². The van der Waals surface area contributed by atoms with Gasteiger partial charge in [0.1, 0.15) is 0 Å². The third kappa shape index (κ3) is 8.76. The van der Waals surface area contributed by atoms with E-state index in [4.69, 9.17) is 0 Å². The van der Waals surface area contributed by atoms with E-state index in [1.54, 1.807) is 18.2 Å². The predicted molar refractivity (Wildman–Crippen MR) is 159 cm³/mol. The van der Waals surface area contributed by atoms with Gasteiger partial charge < -0.3 is 10.4 Å². The van der Waals surface area contributed by atoms with Crippen LogP contribution >= 0.6 is 0 Å². The van der Waals surface area contributed by atoms with Crippen molar-refractivity contribution in [3.63, 3.8) is 0 Å². The number of halogens is 3. The molecule has 4 rings (SSSR count).